The number of ketones is 1. The van der Waals surface area contributed by atoms with Gasteiger partial charge in [0.15, 0.2) is 11.5 Å². The third kappa shape index (κ3) is 5.30. The van der Waals surface area contributed by atoms with Gasteiger partial charge in [-0.15, -0.1) is 0 Å². The summed E-state index contributed by atoms with van der Waals surface area (Å²) in [5, 5.41) is 0. The summed E-state index contributed by atoms with van der Waals surface area (Å²) in [5.74, 6) is 1.52. The second kappa shape index (κ2) is 10.3. The van der Waals surface area contributed by atoms with Crippen molar-refractivity contribution in [3.63, 3.8) is 0 Å². The van der Waals surface area contributed by atoms with Crippen LogP contribution in [0.5, 0.6) is 11.5 Å². The number of fused-ring (bicyclic) bond motifs is 1. The van der Waals surface area contributed by atoms with Crippen molar-refractivity contribution in [1.29, 1.82) is 0 Å². The van der Waals surface area contributed by atoms with Gasteiger partial charge in [0.1, 0.15) is 5.78 Å². The van der Waals surface area contributed by atoms with Crippen molar-refractivity contribution in [2.75, 3.05) is 13.3 Å². The summed E-state index contributed by atoms with van der Waals surface area (Å²) < 4.78 is 40.8. The number of carbonyl (C=O) groups is 1. The molecular weight excluding hydrogens is 516 g/mol. The Bertz CT molecular complexity index is 1600. The minimum atomic E-state index is -3.62. The van der Waals surface area contributed by atoms with Crippen molar-refractivity contribution in [2.45, 2.75) is 42.5 Å². The summed E-state index contributed by atoms with van der Waals surface area (Å²) in [6, 6.07) is 17.9. The number of hydrogen-bond donors (Lipinski definition) is 1. The van der Waals surface area contributed by atoms with E-state index in [9.17, 15) is 13.2 Å². The van der Waals surface area contributed by atoms with Crippen LogP contribution in [0.3, 0.4) is 0 Å². The monoisotopic (exact) mass is 546 g/mol. The molecule has 1 aliphatic carbocycles. The number of rotatable bonds is 11. The molecule has 9 nitrogen and oxygen atoms in total. The molecule has 6 rings (SSSR count). The Kier molecular flexibility index (Phi) is 6.66. The highest BCUT2D eigenvalue weighted by atomic mass is 32.2. The van der Waals surface area contributed by atoms with Crippen LogP contribution in [-0.4, -0.2) is 42.1 Å². The maximum absolute atomic E-state index is 13.4. The number of benzene rings is 2. The quantitative estimate of drug-likeness (QED) is 0.282. The molecule has 0 amide bonds. The van der Waals surface area contributed by atoms with Gasteiger partial charge in [0.25, 0.3) is 0 Å². The Balaban J connectivity index is 0.00000323. The first kappa shape index (κ1) is 25.3. The summed E-state index contributed by atoms with van der Waals surface area (Å²) >= 11 is 0. The summed E-state index contributed by atoms with van der Waals surface area (Å²) in [4.78, 5) is 22.3. The van der Waals surface area contributed by atoms with Crippen molar-refractivity contribution >= 4 is 15.8 Å². The van der Waals surface area contributed by atoms with Crippen LogP contribution in [0.15, 0.2) is 84.3 Å². The lowest BCUT2D eigenvalue weighted by molar-refractivity contribution is -0.120. The molecule has 0 radical (unpaired) electrons. The van der Waals surface area contributed by atoms with E-state index in [1.165, 1.54) is 0 Å². The fourth-order valence-corrected chi connectivity index (χ4v) is 5.97. The third-order valence-electron chi connectivity index (χ3n) is 7.26. The summed E-state index contributed by atoms with van der Waals surface area (Å²) in [7, 11) is -3.62. The number of nitrogens with zero attached hydrogens (tertiary/aromatic N) is 3. The number of aromatic nitrogens is 3. The first-order valence-electron chi connectivity index (χ1n) is 12.9. The smallest absolute Gasteiger partial charge is 0.240 e. The van der Waals surface area contributed by atoms with Crippen LogP contribution >= 0.6 is 0 Å². The molecular formula is C29H30N4O5S. The van der Waals surface area contributed by atoms with Crippen LogP contribution in [0.2, 0.25) is 0 Å². The van der Waals surface area contributed by atoms with E-state index in [-0.39, 0.29) is 25.3 Å². The molecule has 10 heteroatoms. The molecule has 0 spiro atoms. The first-order chi connectivity index (χ1) is 18.9. The molecule has 39 heavy (non-hydrogen) atoms. The Morgan fingerprint density at radius 1 is 1.05 bits per heavy atom. The highest BCUT2D eigenvalue weighted by molar-refractivity contribution is 7.89. The lowest BCUT2D eigenvalue weighted by Gasteiger charge is -2.15. The van der Waals surface area contributed by atoms with Crippen LogP contribution in [0, 0.1) is 0 Å². The predicted octanol–water partition coefficient (Wildman–Crippen LogP) is 4.13. The Hall–Kier alpha value is -4.02. The van der Waals surface area contributed by atoms with E-state index in [0.717, 1.165) is 24.0 Å². The van der Waals surface area contributed by atoms with E-state index >= 15 is 0 Å². The number of sulfonamides is 1. The lowest BCUT2D eigenvalue weighted by atomic mass is 9.88. The maximum atomic E-state index is 13.4. The second-order valence-corrected chi connectivity index (χ2v) is 11.6. The van der Waals surface area contributed by atoms with Crippen LogP contribution in [0.1, 0.15) is 31.9 Å². The molecule has 2 aromatic heterocycles. The maximum Gasteiger partial charge on any atom is 0.240 e. The average Bonchev–Trinajstić information content (AvgIpc) is 3.35. The van der Waals surface area contributed by atoms with Crippen LogP contribution in [-0.2, 0) is 33.2 Å². The summed E-state index contributed by atoms with van der Waals surface area (Å²) in [6.45, 7) is 1.21. The van der Waals surface area contributed by atoms with Crippen LogP contribution in [0.25, 0.3) is 11.3 Å². The van der Waals surface area contributed by atoms with Gasteiger partial charge in [-0.1, -0.05) is 24.3 Å². The van der Waals surface area contributed by atoms with Gasteiger partial charge in [-0.25, -0.2) is 18.1 Å². The van der Waals surface area contributed by atoms with E-state index in [1.807, 2.05) is 47.2 Å². The number of aryl methyl sites for hydroxylation is 1. The van der Waals surface area contributed by atoms with E-state index < -0.39 is 15.4 Å². The minimum absolute atomic E-state index is 0. The summed E-state index contributed by atoms with van der Waals surface area (Å²) in [6.07, 6.45) is 7.72. The van der Waals surface area contributed by atoms with Gasteiger partial charge in [0, 0.05) is 44.6 Å². The van der Waals surface area contributed by atoms with Crippen molar-refractivity contribution in [3.05, 3.63) is 90.6 Å². The van der Waals surface area contributed by atoms with Crippen molar-refractivity contribution < 1.29 is 24.1 Å². The number of nitrogens with one attached hydrogen (secondary N) is 1. The van der Waals surface area contributed by atoms with Gasteiger partial charge in [0.2, 0.25) is 16.8 Å². The van der Waals surface area contributed by atoms with E-state index in [4.69, 9.17) is 14.5 Å². The second-order valence-electron chi connectivity index (χ2n) is 9.84. The highest BCUT2D eigenvalue weighted by Crippen LogP contribution is 2.51. The molecule has 1 aliphatic heterocycles. The molecule has 202 valence electrons. The first-order valence-corrected chi connectivity index (χ1v) is 14.4. The SMILES string of the molecule is O=C(Cc1cccc(-c2ccc(S(=O)(=O)NCCCn3ccnc3)cc2)n1)C1(c2ccc3c(c2)OCO3)CC1.[HH]. The fraction of sp³-hybridized carbons (Fsp3) is 0.276. The van der Waals surface area contributed by atoms with Crippen LogP contribution in [0.4, 0.5) is 0 Å². The van der Waals surface area contributed by atoms with Gasteiger partial charge in [-0.2, -0.15) is 0 Å². The number of hydrogen-bond acceptors (Lipinski definition) is 7. The van der Waals surface area contributed by atoms with E-state index in [1.54, 1.807) is 36.8 Å². The minimum Gasteiger partial charge on any atom is -0.454 e. The van der Waals surface area contributed by atoms with Gasteiger partial charge < -0.3 is 14.0 Å². The largest absolute Gasteiger partial charge is 0.454 e. The molecule has 2 aromatic carbocycles. The average molecular weight is 547 g/mol. The van der Waals surface area contributed by atoms with Gasteiger partial charge in [0.05, 0.1) is 22.3 Å². The van der Waals surface area contributed by atoms with E-state index in [2.05, 4.69) is 9.71 Å². The summed E-state index contributed by atoms with van der Waals surface area (Å²) in [5.41, 5.74) is 2.60. The van der Waals surface area contributed by atoms with Crippen molar-refractivity contribution in [2.24, 2.45) is 0 Å². The predicted molar refractivity (Wildman–Crippen MR) is 146 cm³/mol. The zero-order valence-corrected chi connectivity index (χ0v) is 22.1. The molecule has 1 saturated carbocycles. The molecule has 2 aliphatic rings. The normalized spacial score (nSPS) is 15.3. The van der Waals surface area contributed by atoms with Gasteiger partial charge in [-0.3, -0.25) is 9.78 Å². The number of carbonyl (C=O) groups excluding carboxylic acids is 1. The number of imidazole rings is 1. The number of pyridine rings is 1. The topological polar surface area (TPSA) is 112 Å². The van der Waals surface area contributed by atoms with Crippen molar-refractivity contribution in [3.8, 4) is 22.8 Å². The molecule has 3 heterocycles. The molecule has 0 unspecified atom stereocenters. The molecule has 0 atom stereocenters. The van der Waals surface area contributed by atoms with E-state index in [0.29, 0.717) is 42.4 Å². The fourth-order valence-electron chi connectivity index (χ4n) is 4.90. The van der Waals surface area contributed by atoms with Gasteiger partial charge >= 0.3 is 0 Å². The number of Topliss-reactive ketones (excluding diaryl/α,β-unsaturated/α-hetero) is 1. The molecule has 1 fully saturated rings. The zero-order valence-electron chi connectivity index (χ0n) is 21.2. The zero-order chi connectivity index (χ0) is 26.9. The third-order valence-corrected chi connectivity index (χ3v) is 8.74. The molecule has 0 saturated heterocycles. The standard InChI is InChI=1S/C29H28N4O5S.H2/c34-28(29(11-12-29)22-7-10-26-27(17-22)38-20-37-26)18-23-3-1-4-25(32-23)21-5-8-24(9-6-21)39(35,36)31-13-2-15-33-16-14-30-19-33;/h1,3-10,14,16-17,19,31H,2,11-13,15,18,20H2;1H. The number of ether oxygens (including phenoxy) is 2. The molecule has 1 N–H and O–H groups in total. The highest BCUT2D eigenvalue weighted by Gasteiger charge is 2.51. The van der Waals surface area contributed by atoms with Crippen LogP contribution < -0.4 is 14.2 Å². The Morgan fingerprint density at radius 3 is 2.64 bits per heavy atom. The van der Waals surface area contributed by atoms with Gasteiger partial charge in [-0.05, 0) is 61.2 Å². The Morgan fingerprint density at radius 2 is 1.87 bits per heavy atom. The molecule has 4 aromatic rings. The van der Waals surface area contributed by atoms with Crippen molar-refractivity contribution in [1.82, 2.24) is 19.3 Å². The lowest BCUT2D eigenvalue weighted by Crippen LogP contribution is -2.25. The Labute approximate surface area is 228 Å². The molecule has 0 bridgehead atoms.